The summed E-state index contributed by atoms with van der Waals surface area (Å²) in [6.07, 6.45) is 1.47. The largest absolute Gasteiger partial charge is 0.465 e. The first-order chi connectivity index (χ1) is 12.7. The smallest absolute Gasteiger partial charge is 0.339 e. The Labute approximate surface area is 151 Å². The Balaban J connectivity index is 1.82. The van der Waals surface area contributed by atoms with Gasteiger partial charge in [-0.3, -0.25) is 0 Å². The average molecular weight is 343 g/mol. The van der Waals surface area contributed by atoms with E-state index in [1.807, 2.05) is 36.4 Å². The van der Waals surface area contributed by atoms with E-state index in [-0.39, 0.29) is 0 Å². The van der Waals surface area contributed by atoms with Crippen molar-refractivity contribution in [3.8, 4) is 22.5 Å². The zero-order valence-electron chi connectivity index (χ0n) is 14.5. The molecule has 0 aliphatic heterocycles. The molecule has 0 spiro atoms. The van der Waals surface area contributed by atoms with Crippen LogP contribution in [0.1, 0.15) is 15.9 Å². The lowest BCUT2D eigenvalue weighted by Gasteiger charge is -2.09. The van der Waals surface area contributed by atoms with Gasteiger partial charge in [0.25, 0.3) is 0 Å². The van der Waals surface area contributed by atoms with E-state index in [1.165, 1.54) is 13.3 Å². The number of hydrogen-bond acceptors (Lipinski definition) is 4. The fourth-order valence-corrected chi connectivity index (χ4v) is 3.13. The molecular formula is C22H17NO3. The monoisotopic (exact) mass is 343 g/mol. The lowest BCUT2D eigenvalue weighted by atomic mass is 9.95. The van der Waals surface area contributed by atoms with Gasteiger partial charge in [0, 0.05) is 17.1 Å². The van der Waals surface area contributed by atoms with Crippen LogP contribution in [-0.4, -0.2) is 18.1 Å². The second-order valence-corrected chi connectivity index (χ2v) is 6.06. The molecule has 128 valence electrons. The van der Waals surface area contributed by atoms with Crippen molar-refractivity contribution in [2.24, 2.45) is 0 Å². The molecule has 0 radical (unpaired) electrons. The first-order valence-electron chi connectivity index (χ1n) is 8.30. The molecule has 2 aromatic carbocycles. The van der Waals surface area contributed by atoms with E-state index >= 15 is 0 Å². The van der Waals surface area contributed by atoms with Gasteiger partial charge in [0.2, 0.25) is 5.71 Å². The molecule has 0 atom stereocenters. The fourth-order valence-electron chi connectivity index (χ4n) is 3.13. The number of hydrogen-bond donors (Lipinski definition) is 0. The molecular weight excluding hydrogens is 326 g/mol. The zero-order valence-corrected chi connectivity index (χ0v) is 14.5. The van der Waals surface area contributed by atoms with Crippen LogP contribution in [0.2, 0.25) is 0 Å². The van der Waals surface area contributed by atoms with Gasteiger partial charge in [-0.2, -0.15) is 0 Å². The van der Waals surface area contributed by atoms with Gasteiger partial charge in [-0.1, -0.05) is 48.5 Å². The highest BCUT2D eigenvalue weighted by Gasteiger charge is 2.14. The normalized spacial score (nSPS) is 10.8. The van der Waals surface area contributed by atoms with E-state index in [4.69, 9.17) is 9.15 Å². The quantitative estimate of drug-likeness (QED) is 0.476. The molecule has 0 saturated carbocycles. The van der Waals surface area contributed by atoms with Crippen molar-refractivity contribution in [2.75, 3.05) is 7.11 Å². The minimum atomic E-state index is -0.413. The summed E-state index contributed by atoms with van der Waals surface area (Å²) in [5.74, 6) is 0.314. The van der Waals surface area contributed by atoms with Gasteiger partial charge in [-0.15, -0.1) is 0 Å². The summed E-state index contributed by atoms with van der Waals surface area (Å²) in [4.78, 5) is 15.9. The van der Waals surface area contributed by atoms with Crippen molar-refractivity contribution < 1.29 is 13.9 Å². The van der Waals surface area contributed by atoms with Gasteiger partial charge < -0.3 is 9.15 Å². The highest BCUT2D eigenvalue weighted by Crippen LogP contribution is 2.34. The van der Waals surface area contributed by atoms with Crippen LogP contribution >= 0.6 is 0 Å². The number of furan rings is 1. The molecule has 0 unspecified atom stereocenters. The van der Waals surface area contributed by atoms with Gasteiger partial charge in [0.15, 0.2) is 0 Å². The number of carbonyl (C=O) groups excluding carboxylic acids is 1. The minimum absolute atomic E-state index is 0.405. The third-order valence-corrected chi connectivity index (χ3v) is 4.48. The fraction of sp³-hybridized carbons (Fsp3) is 0.0909. The number of carbonyl (C=O) groups is 1. The second-order valence-electron chi connectivity index (χ2n) is 6.06. The van der Waals surface area contributed by atoms with Gasteiger partial charge in [0.1, 0.15) is 5.76 Å². The zero-order chi connectivity index (χ0) is 18.1. The van der Waals surface area contributed by atoms with Crippen molar-refractivity contribution in [1.29, 1.82) is 0 Å². The summed E-state index contributed by atoms with van der Waals surface area (Å²) >= 11 is 0. The number of aromatic nitrogens is 1. The highest BCUT2D eigenvalue weighted by atomic mass is 16.5. The lowest BCUT2D eigenvalue weighted by Crippen LogP contribution is -2.00. The predicted octanol–water partition coefficient (Wildman–Crippen LogP) is 5.26. The second kappa shape index (κ2) is 6.48. The van der Waals surface area contributed by atoms with E-state index in [0.717, 1.165) is 33.4 Å². The molecule has 2 heterocycles. The molecule has 0 saturated heterocycles. The van der Waals surface area contributed by atoms with Crippen LogP contribution in [0, 0.1) is 6.92 Å². The van der Waals surface area contributed by atoms with Crippen LogP contribution in [0.3, 0.4) is 0 Å². The molecule has 4 rings (SSSR count). The van der Waals surface area contributed by atoms with E-state index in [1.54, 1.807) is 6.07 Å². The Hall–Kier alpha value is -3.40. The van der Waals surface area contributed by atoms with Crippen LogP contribution in [0.4, 0.5) is 0 Å². The number of methoxy groups -OCH3 is 1. The summed E-state index contributed by atoms with van der Waals surface area (Å²) in [6.45, 7) is 2.08. The third-order valence-electron chi connectivity index (χ3n) is 4.48. The number of benzene rings is 2. The molecule has 0 aliphatic carbocycles. The molecule has 0 N–H and O–H groups in total. The summed E-state index contributed by atoms with van der Waals surface area (Å²) in [5, 5.41) is 0.771. The van der Waals surface area contributed by atoms with E-state index in [9.17, 15) is 4.79 Å². The Kier molecular flexibility index (Phi) is 4.01. The van der Waals surface area contributed by atoms with Crippen LogP contribution in [0.5, 0.6) is 0 Å². The first kappa shape index (κ1) is 16.1. The Morgan fingerprint density at radius 2 is 1.77 bits per heavy atom. The standard InChI is InChI=1S/C22H17NO3/c1-14-18(15-7-4-3-5-8-15)9-6-10-19(14)20-12-16-11-17(22(24)25-2)13-23-21(16)26-20/h3-13H,1-2H3. The van der Waals surface area contributed by atoms with Crippen LogP contribution in [0.15, 0.2) is 71.3 Å². The van der Waals surface area contributed by atoms with Crippen LogP contribution in [0.25, 0.3) is 33.6 Å². The lowest BCUT2D eigenvalue weighted by molar-refractivity contribution is 0.0600. The first-order valence-corrected chi connectivity index (χ1v) is 8.30. The van der Waals surface area contributed by atoms with Gasteiger partial charge in [-0.25, -0.2) is 9.78 Å². The molecule has 26 heavy (non-hydrogen) atoms. The highest BCUT2D eigenvalue weighted by molar-refractivity contribution is 5.93. The molecule has 0 fully saturated rings. The molecule has 0 aliphatic rings. The van der Waals surface area contributed by atoms with Gasteiger partial charge in [0.05, 0.1) is 12.7 Å². The SMILES string of the molecule is COC(=O)c1cnc2oc(-c3cccc(-c4ccccc4)c3C)cc2c1. The molecule has 4 aromatic rings. The Bertz CT molecular complexity index is 1100. The van der Waals surface area contributed by atoms with Gasteiger partial charge in [-0.05, 0) is 35.7 Å². The summed E-state index contributed by atoms with van der Waals surface area (Å²) < 4.78 is 10.7. The van der Waals surface area contributed by atoms with Crippen LogP contribution in [-0.2, 0) is 4.74 Å². The summed E-state index contributed by atoms with van der Waals surface area (Å²) in [7, 11) is 1.35. The van der Waals surface area contributed by atoms with Crippen molar-refractivity contribution in [3.05, 3.63) is 78.0 Å². The molecule has 4 nitrogen and oxygen atoms in total. The van der Waals surface area contributed by atoms with E-state index in [0.29, 0.717) is 11.3 Å². The number of ether oxygens (including phenoxy) is 1. The summed E-state index contributed by atoms with van der Waals surface area (Å²) in [5.41, 5.74) is 5.36. The average Bonchev–Trinajstić information content (AvgIpc) is 3.11. The summed E-state index contributed by atoms with van der Waals surface area (Å²) in [6, 6.07) is 20.0. The molecule has 2 aromatic heterocycles. The van der Waals surface area contributed by atoms with Crippen molar-refractivity contribution in [1.82, 2.24) is 4.98 Å². The van der Waals surface area contributed by atoms with Crippen molar-refractivity contribution in [2.45, 2.75) is 6.92 Å². The van der Waals surface area contributed by atoms with Crippen molar-refractivity contribution >= 4 is 17.1 Å². The number of rotatable bonds is 3. The Morgan fingerprint density at radius 1 is 1.00 bits per heavy atom. The van der Waals surface area contributed by atoms with Gasteiger partial charge >= 0.3 is 5.97 Å². The maximum Gasteiger partial charge on any atom is 0.339 e. The van der Waals surface area contributed by atoms with Crippen molar-refractivity contribution in [3.63, 3.8) is 0 Å². The maximum atomic E-state index is 11.7. The molecule has 0 bridgehead atoms. The number of pyridine rings is 1. The van der Waals surface area contributed by atoms with E-state index in [2.05, 4.69) is 30.1 Å². The molecule has 4 heteroatoms. The predicted molar refractivity (Wildman–Crippen MR) is 101 cm³/mol. The number of esters is 1. The maximum absolute atomic E-state index is 11.7. The van der Waals surface area contributed by atoms with Crippen LogP contribution < -0.4 is 0 Å². The topological polar surface area (TPSA) is 52.3 Å². The third kappa shape index (κ3) is 2.75. The van der Waals surface area contributed by atoms with E-state index < -0.39 is 5.97 Å². The Morgan fingerprint density at radius 3 is 2.54 bits per heavy atom. The molecule has 0 amide bonds. The number of nitrogens with zero attached hydrogens (tertiary/aromatic N) is 1. The number of fused-ring (bicyclic) bond motifs is 1. The minimum Gasteiger partial charge on any atom is -0.465 e.